The van der Waals surface area contributed by atoms with Crippen LogP contribution in [0.1, 0.15) is 30.6 Å². The Morgan fingerprint density at radius 3 is 2.80 bits per heavy atom. The summed E-state index contributed by atoms with van der Waals surface area (Å²) in [5.41, 5.74) is 6.86. The summed E-state index contributed by atoms with van der Waals surface area (Å²) in [5, 5.41) is 2.88. The lowest BCUT2D eigenvalue weighted by Gasteiger charge is -2.11. The van der Waals surface area contributed by atoms with E-state index in [1.165, 1.54) is 0 Å². The maximum Gasteiger partial charge on any atom is 0.251 e. The van der Waals surface area contributed by atoms with Gasteiger partial charge in [-0.2, -0.15) is 0 Å². The average molecular weight is 271 g/mol. The third kappa shape index (κ3) is 3.23. The molecule has 0 fully saturated rings. The summed E-state index contributed by atoms with van der Waals surface area (Å²) in [5.74, 6) is -0.0800. The molecular formula is C11H15BrN2O. The minimum atomic E-state index is -0.0800. The van der Waals surface area contributed by atoms with Crippen molar-refractivity contribution in [1.82, 2.24) is 5.32 Å². The van der Waals surface area contributed by atoms with E-state index in [-0.39, 0.29) is 11.9 Å². The van der Waals surface area contributed by atoms with Gasteiger partial charge in [0.25, 0.3) is 5.91 Å². The van der Waals surface area contributed by atoms with Crippen LogP contribution in [0, 0.1) is 0 Å². The molecule has 3 nitrogen and oxygen atoms in total. The van der Waals surface area contributed by atoms with Crippen LogP contribution in [0.4, 0.5) is 5.69 Å². The second kappa shape index (κ2) is 5.16. The summed E-state index contributed by atoms with van der Waals surface area (Å²) in [6.07, 6.45) is 0.914. The Balaban J connectivity index is 2.78. The standard InChI is InChI=1S/C11H15BrN2O/c1-3-7(2)14-11(15)8-4-5-9(12)10(13)6-8/h4-7H,3,13H2,1-2H3,(H,14,15). The fraction of sp³-hybridized carbons (Fsp3) is 0.364. The number of halogens is 1. The van der Waals surface area contributed by atoms with E-state index >= 15 is 0 Å². The molecule has 0 saturated carbocycles. The van der Waals surface area contributed by atoms with Crippen molar-refractivity contribution in [3.05, 3.63) is 28.2 Å². The van der Waals surface area contributed by atoms with Gasteiger partial charge in [0.2, 0.25) is 0 Å². The SMILES string of the molecule is CCC(C)NC(=O)c1ccc(Br)c(N)c1. The summed E-state index contributed by atoms with van der Waals surface area (Å²) in [4.78, 5) is 11.7. The zero-order valence-electron chi connectivity index (χ0n) is 8.88. The quantitative estimate of drug-likeness (QED) is 0.830. The number of nitrogens with two attached hydrogens (primary N) is 1. The van der Waals surface area contributed by atoms with Crippen LogP contribution in [0.25, 0.3) is 0 Å². The number of amides is 1. The summed E-state index contributed by atoms with van der Waals surface area (Å²) in [6, 6.07) is 5.38. The lowest BCUT2D eigenvalue weighted by atomic mass is 10.1. The summed E-state index contributed by atoms with van der Waals surface area (Å²) in [7, 11) is 0. The summed E-state index contributed by atoms with van der Waals surface area (Å²) in [6.45, 7) is 4.00. The van der Waals surface area contributed by atoms with Crippen LogP contribution < -0.4 is 11.1 Å². The Kier molecular flexibility index (Phi) is 4.15. The molecule has 1 aromatic rings. The number of carbonyl (C=O) groups excluding carboxylic acids is 1. The lowest BCUT2D eigenvalue weighted by Crippen LogP contribution is -2.31. The highest BCUT2D eigenvalue weighted by Crippen LogP contribution is 2.20. The first-order valence-electron chi connectivity index (χ1n) is 4.90. The molecule has 1 atom stereocenters. The molecule has 3 N–H and O–H groups in total. The van der Waals surface area contributed by atoms with Crippen molar-refractivity contribution in [3.63, 3.8) is 0 Å². The van der Waals surface area contributed by atoms with Gasteiger partial charge in [-0.05, 0) is 47.5 Å². The molecule has 0 heterocycles. The van der Waals surface area contributed by atoms with Crippen LogP contribution in [0.3, 0.4) is 0 Å². The van der Waals surface area contributed by atoms with E-state index in [0.29, 0.717) is 11.3 Å². The van der Waals surface area contributed by atoms with Crippen LogP contribution in [0.2, 0.25) is 0 Å². The predicted molar refractivity (Wildman–Crippen MR) is 65.8 cm³/mol. The normalized spacial score (nSPS) is 12.2. The molecule has 4 heteroatoms. The van der Waals surface area contributed by atoms with E-state index in [4.69, 9.17) is 5.73 Å². The predicted octanol–water partition coefficient (Wildman–Crippen LogP) is 2.56. The van der Waals surface area contributed by atoms with Gasteiger partial charge in [-0.15, -0.1) is 0 Å². The van der Waals surface area contributed by atoms with Gasteiger partial charge in [-0.1, -0.05) is 6.92 Å². The zero-order valence-corrected chi connectivity index (χ0v) is 10.5. The molecule has 0 spiro atoms. The fourth-order valence-electron chi connectivity index (χ4n) is 1.09. The van der Waals surface area contributed by atoms with E-state index in [1.54, 1.807) is 18.2 Å². The molecule has 0 aliphatic heterocycles. The third-order valence-electron chi connectivity index (χ3n) is 2.25. The molecule has 0 bridgehead atoms. The monoisotopic (exact) mass is 270 g/mol. The lowest BCUT2D eigenvalue weighted by molar-refractivity contribution is 0.0939. The average Bonchev–Trinajstić information content (AvgIpc) is 2.21. The zero-order chi connectivity index (χ0) is 11.4. The Morgan fingerprint density at radius 2 is 2.27 bits per heavy atom. The Labute approximate surface area is 98.2 Å². The van der Waals surface area contributed by atoms with Gasteiger partial charge in [0.1, 0.15) is 0 Å². The number of hydrogen-bond acceptors (Lipinski definition) is 2. The van der Waals surface area contributed by atoms with Crippen molar-refractivity contribution in [2.75, 3.05) is 5.73 Å². The van der Waals surface area contributed by atoms with Crippen LogP contribution in [0.15, 0.2) is 22.7 Å². The first-order valence-corrected chi connectivity index (χ1v) is 5.69. The molecule has 0 aliphatic carbocycles. The highest BCUT2D eigenvalue weighted by Gasteiger charge is 2.09. The Morgan fingerprint density at radius 1 is 1.60 bits per heavy atom. The van der Waals surface area contributed by atoms with Crippen LogP contribution in [-0.2, 0) is 0 Å². The molecule has 82 valence electrons. The molecule has 0 aliphatic rings. The third-order valence-corrected chi connectivity index (χ3v) is 2.97. The van der Waals surface area contributed by atoms with Crippen molar-refractivity contribution >= 4 is 27.5 Å². The van der Waals surface area contributed by atoms with Gasteiger partial charge < -0.3 is 11.1 Å². The van der Waals surface area contributed by atoms with Crippen LogP contribution in [0.5, 0.6) is 0 Å². The first-order chi connectivity index (χ1) is 7.04. The molecule has 1 unspecified atom stereocenters. The number of nitrogen functional groups attached to an aromatic ring is 1. The second-order valence-corrected chi connectivity index (χ2v) is 4.37. The van der Waals surface area contributed by atoms with E-state index < -0.39 is 0 Å². The maximum atomic E-state index is 11.7. The van der Waals surface area contributed by atoms with Gasteiger partial charge >= 0.3 is 0 Å². The Bertz CT molecular complexity index is 366. The molecule has 0 radical (unpaired) electrons. The molecule has 0 aromatic heterocycles. The van der Waals surface area contributed by atoms with Gasteiger partial charge in [-0.25, -0.2) is 0 Å². The highest BCUT2D eigenvalue weighted by molar-refractivity contribution is 9.10. The minimum Gasteiger partial charge on any atom is -0.398 e. The molecule has 0 saturated heterocycles. The number of rotatable bonds is 3. The number of nitrogens with one attached hydrogen (secondary N) is 1. The van der Waals surface area contributed by atoms with Crippen molar-refractivity contribution in [2.24, 2.45) is 0 Å². The number of anilines is 1. The van der Waals surface area contributed by atoms with Crippen LogP contribution in [-0.4, -0.2) is 11.9 Å². The van der Waals surface area contributed by atoms with Gasteiger partial charge in [0.05, 0.1) is 0 Å². The first kappa shape index (κ1) is 12.0. The molecule has 1 rings (SSSR count). The largest absolute Gasteiger partial charge is 0.398 e. The number of benzene rings is 1. The minimum absolute atomic E-state index is 0.0800. The fourth-order valence-corrected chi connectivity index (χ4v) is 1.34. The van der Waals surface area contributed by atoms with E-state index in [2.05, 4.69) is 21.2 Å². The summed E-state index contributed by atoms with van der Waals surface area (Å²) >= 11 is 3.29. The van der Waals surface area contributed by atoms with E-state index in [1.807, 2.05) is 13.8 Å². The van der Waals surface area contributed by atoms with Crippen molar-refractivity contribution in [2.45, 2.75) is 26.3 Å². The molecule has 15 heavy (non-hydrogen) atoms. The maximum absolute atomic E-state index is 11.7. The Hall–Kier alpha value is -1.03. The summed E-state index contributed by atoms with van der Waals surface area (Å²) < 4.78 is 0.808. The van der Waals surface area contributed by atoms with Crippen molar-refractivity contribution in [3.8, 4) is 0 Å². The molecule has 1 amide bonds. The smallest absolute Gasteiger partial charge is 0.251 e. The highest BCUT2D eigenvalue weighted by atomic mass is 79.9. The van der Waals surface area contributed by atoms with E-state index in [0.717, 1.165) is 10.9 Å². The van der Waals surface area contributed by atoms with Crippen molar-refractivity contribution in [1.29, 1.82) is 0 Å². The van der Waals surface area contributed by atoms with Gasteiger partial charge in [0, 0.05) is 21.8 Å². The van der Waals surface area contributed by atoms with Crippen molar-refractivity contribution < 1.29 is 4.79 Å². The molecular weight excluding hydrogens is 256 g/mol. The van der Waals surface area contributed by atoms with E-state index in [9.17, 15) is 4.79 Å². The second-order valence-electron chi connectivity index (χ2n) is 3.52. The number of hydrogen-bond donors (Lipinski definition) is 2. The van der Waals surface area contributed by atoms with Crippen LogP contribution >= 0.6 is 15.9 Å². The van der Waals surface area contributed by atoms with Gasteiger partial charge in [-0.3, -0.25) is 4.79 Å². The number of carbonyl (C=O) groups is 1. The topological polar surface area (TPSA) is 55.1 Å². The molecule has 1 aromatic carbocycles. The van der Waals surface area contributed by atoms with Gasteiger partial charge in [0.15, 0.2) is 0 Å².